The van der Waals surface area contributed by atoms with Crippen molar-refractivity contribution in [3.63, 3.8) is 0 Å². The van der Waals surface area contributed by atoms with Crippen molar-refractivity contribution >= 4 is 36.0 Å². The minimum atomic E-state index is -0.755. The zero-order valence-electron chi connectivity index (χ0n) is 16.6. The van der Waals surface area contributed by atoms with Crippen LogP contribution in [0.15, 0.2) is 18.2 Å². The maximum Gasteiger partial charge on any atom is 0.255 e. The summed E-state index contributed by atoms with van der Waals surface area (Å²) in [5.74, 6) is -1.33. The van der Waals surface area contributed by atoms with Crippen LogP contribution in [0.2, 0.25) is 0 Å². The van der Waals surface area contributed by atoms with Crippen molar-refractivity contribution in [1.82, 2.24) is 10.2 Å². The molecule has 1 saturated heterocycles. The summed E-state index contributed by atoms with van der Waals surface area (Å²) in [5.41, 5.74) is 0.936. The minimum Gasteiger partial charge on any atom is -0.400 e. The van der Waals surface area contributed by atoms with Gasteiger partial charge in [-0.2, -0.15) is 0 Å². The van der Waals surface area contributed by atoms with Gasteiger partial charge >= 0.3 is 0 Å². The van der Waals surface area contributed by atoms with E-state index in [1.165, 1.54) is 18.0 Å². The highest BCUT2D eigenvalue weighted by atomic mass is 16.2. The first-order valence-corrected chi connectivity index (χ1v) is 9.30. The highest BCUT2D eigenvalue weighted by molar-refractivity contribution is 6.07. The monoisotopic (exact) mass is 405 g/mol. The number of carbonyl (C=O) groups excluding carboxylic acids is 5. The summed E-state index contributed by atoms with van der Waals surface area (Å²) < 4.78 is 0. The van der Waals surface area contributed by atoms with E-state index >= 15 is 0 Å². The molecule has 1 aliphatic heterocycles. The highest BCUT2D eigenvalue weighted by Crippen LogP contribution is 2.22. The average Bonchev–Trinajstić information content (AvgIpc) is 2.73. The molecule has 9 nitrogen and oxygen atoms in total. The maximum atomic E-state index is 12.9. The van der Waals surface area contributed by atoms with Crippen LogP contribution in [-0.4, -0.2) is 67.0 Å². The standard InChI is InChI=1S/C19H23N3O5.CH4O/c1-22(16-8-9-17(25)21-18(16)26)19(27)13-6-5-7-15(14(13)12-24)20-10-3-2-4-11-23;1-2/h5-7,11-12,16,20H,2-4,8-10H2,1H3,(H,21,25,26);2H,1H3. The van der Waals surface area contributed by atoms with E-state index in [1.54, 1.807) is 12.1 Å². The van der Waals surface area contributed by atoms with Crippen LogP contribution in [0.5, 0.6) is 0 Å². The molecule has 1 unspecified atom stereocenters. The van der Waals surface area contributed by atoms with Crippen molar-refractivity contribution in [1.29, 1.82) is 0 Å². The third-order valence-corrected chi connectivity index (χ3v) is 4.52. The van der Waals surface area contributed by atoms with Crippen LogP contribution >= 0.6 is 0 Å². The molecule has 0 aromatic heterocycles. The number of piperidine rings is 1. The van der Waals surface area contributed by atoms with Gasteiger partial charge in [-0.25, -0.2) is 0 Å². The normalized spacial score (nSPS) is 15.5. The Balaban J connectivity index is 0.00000204. The number of benzene rings is 1. The Bertz CT molecular complexity index is 750. The Morgan fingerprint density at radius 1 is 1.28 bits per heavy atom. The Kier molecular flexibility index (Phi) is 10.2. The summed E-state index contributed by atoms with van der Waals surface area (Å²) in [6.07, 6.45) is 3.86. The van der Waals surface area contributed by atoms with Crippen LogP contribution < -0.4 is 10.6 Å². The van der Waals surface area contributed by atoms with Crippen molar-refractivity contribution in [3.05, 3.63) is 29.3 Å². The van der Waals surface area contributed by atoms with Crippen molar-refractivity contribution in [2.24, 2.45) is 0 Å². The van der Waals surface area contributed by atoms with Gasteiger partial charge in [0.05, 0.1) is 11.1 Å². The third kappa shape index (κ3) is 6.49. The molecule has 0 aliphatic carbocycles. The van der Waals surface area contributed by atoms with Gasteiger partial charge in [0.25, 0.3) is 5.91 Å². The fourth-order valence-corrected chi connectivity index (χ4v) is 2.99. The van der Waals surface area contributed by atoms with Crippen molar-refractivity contribution in [2.75, 3.05) is 26.0 Å². The minimum absolute atomic E-state index is 0.164. The lowest BCUT2D eigenvalue weighted by molar-refractivity contribution is -0.136. The number of rotatable bonds is 9. The van der Waals surface area contributed by atoms with Crippen molar-refractivity contribution < 1.29 is 29.1 Å². The number of aliphatic hydroxyl groups is 1. The number of aliphatic hydroxyl groups excluding tert-OH is 1. The summed E-state index contributed by atoms with van der Waals surface area (Å²) in [5, 5.41) is 12.3. The first-order valence-electron chi connectivity index (χ1n) is 9.30. The number of aldehydes is 2. The van der Waals surface area contributed by atoms with Gasteiger partial charge in [-0.15, -0.1) is 0 Å². The molecule has 0 spiro atoms. The number of anilines is 1. The second-order valence-electron chi connectivity index (χ2n) is 6.36. The first-order chi connectivity index (χ1) is 14.0. The van der Waals surface area contributed by atoms with Crippen LogP contribution in [0.4, 0.5) is 5.69 Å². The van der Waals surface area contributed by atoms with E-state index in [1.807, 2.05) is 0 Å². The third-order valence-electron chi connectivity index (χ3n) is 4.52. The fourth-order valence-electron chi connectivity index (χ4n) is 2.99. The zero-order chi connectivity index (χ0) is 21.8. The van der Waals surface area contributed by atoms with E-state index in [2.05, 4.69) is 10.6 Å². The maximum absolute atomic E-state index is 12.9. The Morgan fingerprint density at radius 3 is 2.62 bits per heavy atom. The van der Waals surface area contributed by atoms with Gasteiger partial charge in [-0.1, -0.05) is 6.07 Å². The number of imide groups is 1. The molecule has 0 radical (unpaired) electrons. The lowest BCUT2D eigenvalue weighted by atomic mass is 10.0. The van der Waals surface area contributed by atoms with E-state index in [4.69, 9.17) is 5.11 Å². The molecule has 9 heteroatoms. The second-order valence-corrected chi connectivity index (χ2v) is 6.36. The molecule has 2 rings (SSSR count). The number of nitrogens with one attached hydrogen (secondary N) is 2. The molecule has 1 aliphatic rings. The average molecular weight is 405 g/mol. The lowest BCUT2D eigenvalue weighted by Crippen LogP contribution is -2.53. The summed E-state index contributed by atoms with van der Waals surface area (Å²) in [4.78, 5) is 59.3. The zero-order valence-corrected chi connectivity index (χ0v) is 16.6. The topological polar surface area (TPSA) is 133 Å². The molecular formula is C20H27N3O6. The van der Waals surface area contributed by atoms with Crippen molar-refractivity contribution in [3.8, 4) is 0 Å². The SMILES string of the molecule is CN(C(=O)c1cccc(NCCCCC=O)c1C=O)C1CCC(=O)NC1=O.CO. The van der Waals surface area contributed by atoms with E-state index in [0.29, 0.717) is 24.9 Å². The summed E-state index contributed by atoms with van der Waals surface area (Å²) in [6, 6.07) is 4.14. The molecule has 29 heavy (non-hydrogen) atoms. The largest absolute Gasteiger partial charge is 0.400 e. The molecule has 1 atom stereocenters. The van der Waals surface area contributed by atoms with Gasteiger partial charge in [0.15, 0.2) is 6.29 Å². The fraction of sp³-hybridized carbons (Fsp3) is 0.450. The molecule has 3 amide bonds. The molecule has 3 N–H and O–H groups in total. The first kappa shape index (κ1) is 24.0. The van der Waals surface area contributed by atoms with Crippen LogP contribution in [0.25, 0.3) is 0 Å². The number of hydrogen-bond donors (Lipinski definition) is 3. The van der Waals surface area contributed by atoms with E-state index < -0.39 is 17.9 Å². The second kappa shape index (κ2) is 12.4. The Morgan fingerprint density at radius 2 is 2.00 bits per heavy atom. The molecule has 1 heterocycles. The summed E-state index contributed by atoms with van der Waals surface area (Å²) in [7, 11) is 2.48. The molecule has 1 aromatic rings. The molecule has 1 aromatic carbocycles. The van der Waals surface area contributed by atoms with Crippen LogP contribution in [0, 0.1) is 0 Å². The Labute approximate surface area is 169 Å². The van der Waals surface area contributed by atoms with E-state index in [-0.39, 0.29) is 29.9 Å². The Hall–Kier alpha value is -3.07. The van der Waals surface area contributed by atoms with Crippen LogP contribution in [-0.2, 0) is 14.4 Å². The number of unbranched alkanes of at least 4 members (excludes halogenated alkanes) is 2. The van der Waals surface area contributed by atoms with Crippen LogP contribution in [0.1, 0.15) is 52.8 Å². The number of likely N-dealkylation sites (N-methyl/N-ethyl adjacent to an activating group) is 1. The van der Waals surface area contributed by atoms with Gasteiger partial charge in [-0.3, -0.25) is 24.5 Å². The number of amides is 3. The van der Waals surface area contributed by atoms with Gasteiger partial charge in [0, 0.05) is 39.2 Å². The van der Waals surface area contributed by atoms with Crippen molar-refractivity contribution in [2.45, 2.75) is 38.1 Å². The number of hydrogen-bond acceptors (Lipinski definition) is 7. The van der Waals surface area contributed by atoms with Gasteiger partial charge < -0.3 is 20.1 Å². The predicted molar refractivity (Wildman–Crippen MR) is 107 cm³/mol. The van der Waals surface area contributed by atoms with Gasteiger partial charge in [-0.05, 0) is 31.4 Å². The summed E-state index contributed by atoms with van der Waals surface area (Å²) in [6.45, 7) is 0.565. The van der Waals surface area contributed by atoms with E-state index in [9.17, 15) is 24.0 Å². The molecule has 158 valence electrons. The highest BCUT2D eigenvalue weighted by Gasteiger charge is 2.33. The number of nitrogens with zero attached hydrogens (tertiary/aromatic N) is 1. The molecule has 0 saturated carbocycles. The van der Waals surface area contributed by atoms with Crippen LogP contribution in [0.3, 0.4) is 0 Å². The molecule has 1 fully saturated rings. The predicted octanol–water partition coefficient (Wildman–Crippen LogP) is 0.766. The summed E-state index contributed by atoms with van der Waals surface area (Å²) >= 11 is 0. The van der Waals surface area contributed by atoms with Gasteiger partial charge in [0.1, 0.15) is 12.3 Å². The molecule has 0 bridgehead atoms. The van der Waals surface area contributed by atoms with E-state index in [0.717, 1.165) is 26.2 Å². The number of carbonyl (C=O) groups is 5. The quantitative estimate of drug-likeness (QED) is 0.314. The smallest absolute Gasteiger partial charge is 0.255 e. The molecular weight excluding hydrogens is 378 g/mol. The van der Waals surface area contributed by atoms with Gasteiger partial charge in [0.2, 0.25) is 11.8 Å². The lowest BCUT2D eigenvalue weighted by Gasteiger charge is -2.30.